The van der Waals surface area contributed by atoms with Crippen molar-refractivity contribution < 1.29 is 14.3 Å². The van der Waals surface area contributed by atoms with Crippen molar-refractivity contribution in [3.8, 4) is 11.5 Å². The van der Waals surface area contributed by atoms with Gasteiger partial charge in [0, 0.05) is 31.9 Å². The lowest BCUT2D eigenvalue weighted by molar-refractivity contribution is -0.138. The van der Waals surface area contributed by atoms with E-state index in [9.17, 15) is 9.59 Å². The zero-order valence-electron chi connectivity index (χ0n) is 15.3. The number of amides is 3. The number of carbonyl (C=O) groups is 2. The van der Waals surface area contributed by atoms with Crippen LogP contribution in [0, 0.1) is 5.92 Å². The number of rotatable bonds is 3. The highest BCUT2D eigenvalue weighted by Gasteiger charge is 2.40. The van der Waals surface area contributed by atoms with Crippen molar-refractivity contribution in [2.75, 3.05) is 25.5 Å². The van der Waals surface area contributed by atoms with Crippen molar-refractivity contribution in [2.24, 2.45) is 5.92 Å². The van der Waals surface area contributed by atoms with Crippen LogP contribution in [0.4, 0.5) is 10.5 Å². The number of ether oxygens (including phenoxy) is 1. The first-order chi connectivity index (χ1) is 13.1. The molecule has 140 valence electrons. The Hall–Kier alpha value is -3.02. The summed E-state index contributed by atoms with van der Waals surface area (Å²) in [6.07, 6.45) is 1.82. The molecule has 2 atom stereocenters. The summed E-state index contributed by atoms with van der Waals surface area (Å²) in [7, 11) is 1.84. The Morgan fingerprint density at radius 2 is 1.70 bits per heavy atom. The van der Waals surface area contributed by atoms with Gasteiger partial charge < -0.3 is 19.9 Å². The number of piperidine rings is 1. The van der Waals surface area contributed by atoms with Gasteiger partial charge in [-0.2, -0.15) is 0 Å². The minimum absolute atomic E-state index is 0.0823. The number of benzene rings is 2. The highest BCUT2D eigenvalue weighted by Crippen LogP contribution is 2.28. The number of urea groups is 1. The van der Waals surface area contributed by atoms with Crippen LogP contribution in [0.2, 0.25) is 0 Å². The van der Waals surface area contributed by atoms with Gasteiger partial charge in [-0.25, -0.2) is 4.79 Å². The normalized spacial score (nSPS) is 21.7. The number of anilines is 1. The van der Waals surface area contributed by atoms with Crippen LogP contribution in [-0.2, 0) is 4.79 Å². The Morgan fingerprint density at radius 3 is 2.44 bits per heavy atom. The molecule has 5 rings (SSSR count). The fraction of sp³-hybridized carbons (Fsp3) is 0.333. The number of nitrogens with zero attached hydrogens (tertiary/aromatic N) is 2. The van der Waals surface area contributed by atoms with Gasteiger partial charge in [0.1, 0.15) is 11.5 Å². The Labute approximate surface area is 158 Å². The average molecular weight is 365 g/mol. The van der Waals surface area contributed by atoms with Gasteiger partial charge in [-0.3, -0.25) is 4.79 Å². The van der Waals surface area contributed by atoms with E-state index in [1.807, 2.05) is 61.6 Å². The largest absolute Gasteiger partial charge is 0.457 e. The predicted molar refractivity (Wildman–Crippen MR) is 103 cm³/mol. The highest BCUT2D eigenvalue weighted by atomic mass is 16.5. The monoisotopic (exact) mass is 365 g/mol. The number of fused-ring (bicyclic) bond motifs is 4. The van der Waals surface area contributed by atoms with Crippen LogP contribution in [-0.4, -0.2) is 47.9 Å². The third kappa shape index (κ3) is 3.74. The summed E-state index contributed by atoms with van der Waals surface area (Å²) in [5.74, 6) is 1.55. The molecule has 3 heterocycles. The quantitative estimate of drug-likeness (QED) is 0.905. The summed E-state index contributed by atoms with van der Waals surface area (Å²) < 4.78 is 5.77. The number of para-hydroxylation sites is 1. The van der Waals surface area contributed by atoms with Crippen LogP contribution in [0.1, 0.15) is 12.8 Å². The summed E-state index contributed by atoms with van der Waals surface area (Å²) in [6.45, 7) is 1.07. The van der Waals surface area contributed by atoms with Gasteiger partial charge in [0.05, 0.1) is 5.92 Å². The Bertz CT molecular complexity index is 822. The molecule has 3 amide bonds. The lowest BCUT2D eigenvalue weighted by Crippen LogP contribution is -2.45. The minimum Gasteiger partial charge on any atom is -0.457 e. The molecule has 0 aliphatic carbocycles. The first kappa shape index (κ1) is 17.4. The van der Waals surface area contributed by atoms with Crippen LogP contribution < -0.4 is 10.1 Å². The van der Waals surface area contributed by atoms with E-state index >= 15 is 0 Å². The SMILES string of the molecule is CN1C(=O)[C@H]2CC[C@@H]1CN(C(=O)Nc1ccc(Oc3ccccc3)cc1)C2. The molecule has 27 heavy (non-hydrogen) atoms. The van der Waals surface area contributed by atoms with Crippen LogP contribution in [0.25, 0.3) is 0 Å². The summed E-state index contributed by atoms with van der Waals surface area (Å²) >= 11 is 0. The summed E-state index contributed by atoms with van der Waals surface area (Å²) in [5.41, 5.74) is 0.705. The summed E-state index contributed by atoms with van der Waals surface area (Å²) in [6, 6.07) is 16.8. The fourth-order valence-electron chi connectivity index (χ4n) is 3.76. The van der Waals surface area contributed by atoms with E-state index in [0.717, 1.165) is 18.6 Å². The van der Waals surface area contributed by atoms with Gasteiger partial charge in [-0.05, 0) is 49.2 Å². The molecule has 3 aliphatic rings. The second kappa shape index (κ2) is 7.31. The van der Waals surface area contributed by atoms with Gasteiger partial charge in [0.15, 0.2) is 0 Å². The van der Waals surface area contributed by atoms with E-state index in [0.29, 0.717) is 24.5 Å². The Kier molecular flexibility index (Phi) is 4.71. The molecule has 0 radical (unpaired) electrons. The van der Waals surface area contributed by atoms with E-state index in [1.165, 1.54) is 0 Å². The summed E-state index contributed by atoms with van der Waals surface area (Å²) in [5, 5.41) is 2.93. The highest BCUT2D eigenvalue weighted by molar-refractivity contribution is 5.90. The molecule has 0 aromatic heterocycles. The molecule has 6 heteroatoms. The van der Waals surface area contributed by atoms with E-state index in [4.69, 9.17) is 4.74 Å². The first-order valence-corrected chi connectivity index (χ1v) is 9.26. The van der Waals surface area contributed by atoms with Crippen LogP contribution >= 0.6 is 0 Å². The van der Waals surface area contributed by atoms with E-state index in [1.54, 1.807) is 9.80 Å². The lowest BCUT2D eigenvalue weighted by atomic mass is 9.95. The second-order valence-electron chi connectivity index (χ2n) is 7.15. The van der Waals surface area contributed by atoms with Gasteiger partial charge >= 0.3 is 6.03 Å². The lowest BCUT2D eigenvalue weighted by Gasteiger charge is -2.32. The molecular formula is C21H23N3O3. The number of hydrogen-bond acceptors (Lipinski definition) is 3. The molecule has 2 aromatic carbocycles. The zero-order valence-corrected chi connectivity index (χ0v) is 15.3. The zero-order chi connectivity index (χ0) is 18.8. The molecule has 2 aromatic rings. The Morgan fingerprint density at radius 1 is 1.00 bits per heavy atom. The number of hydrogen-bond donors (Lipinski definition) is 1. The molecule has 0 saturated carbocycles. The van der Waals surface area contributed by atoms with Crippen molar-refractivity contribution in [1.29, 1.82) is 0 Å². The minimum atomic E-state index is -0.160. The van der Waals surface area contributed by atoms with Crippen molar-refractivity contribution >= 4 is 17.6 Å². The maximum Gasteiger partial charge on any atom is 0.321 e. The van der Waals surface area contributed by atoms with Gasteiger partial charge in [0.25, 0.3) is 0 Å². The van der Waals surface area contributed by atoms with Crippen LogP contribution in [0.5, 0.6) is 11.5 Å². The predicted octanol–water partition coefficient (Wildman–Crippen LogP) is 3.56. The standard InChI is InChI=1S/C21H23N3O3/c1-23-17-10-7-15(20(23)25)13-24(14-17)21(26)22-16-8-11-19(12-9-16)27-18-5-3-2-4-6-18/h2-6,8-9,11-12,15,17H,7,10,13-14H2,1H3,(H,22,26)/t15-,17+/m0/s1. The van der Waals surface area contributed by atoms with Crippen LogP contribution in [0.15, 0.2) is 54.6 Å². The van der Waals surface area contributed by atoms with Crippen molar-refractivity contribution in [1.82, 2.24) is 9.80 Å². The van der Waals surface area contributed by atoms with Crippen LogP contribution in [0.3, 0.4) is 0 Å². The topological polar surface area (TPSA) is 61.9 Å². The van der Waals surface area contributed by atoms with Gasteiger partial charge in [0.2, 0.25) is 5.91 Å². The molecule has 3 saturated heterocycles. The molecule has 0 spiro atoms. The third-order valence-corrected chi connectivity index (χ3v) is 5.34. The molecule has 3 aliphatic heterocycles. The van der Waals surface area contributed by atoms with Gasteiger partial charge in [-0.1, -0.05) is 18.2 Å². The van der Waals surface area contributed by atoms with Crippen molar-refractivity contribution in [3.05, 3.63) is 54.6 Å². The molecular weight excluding hydrogens is 342 g/mol. The maximum atomic E-state index is 12.7. The Balaban J connectivity index is 1.39. The maximum absolute atomic E-state index is 12.7. The third-order valence-electron chi connectivity index (χ3n) is 5.34. The molecule has 6 nitrogen and oxygen atoms in total. The average Bonchev–Trinajstić information content (AvgIpc) is 2.97. The number of likely N-dealkylation sites (N-methyl/N-ethyl adjacent to an activating group) is 1. The van der Waals surface area contributed by atoms with Crippen molar-refractivity contribution in [3.63, 3.8) is 0 Å². The molecule has 2 bridgehead atoms. The van der Waals surface area contributed by atoms with Crippen molar-refractivity contribution in [2.45, 2.75) is 18.9 Å². The molecule has 0 unspecified atom stereocenters. The number of carbonyl (C=O) groups excluding carboxylic acids is 2. The van der Waals surface area contributed by atoms with E-state index in [-0.39, 0.29) is 23.9 Å². The van der Waals surface area contributed by atoms with E-state index < -0.39 is 0 Å². The van der Waals surface area contributed by atoms with Gasteiger partial charge in [-0.15, -0.1) is 0 Å². The number of nitrogens with one attached hydrogen (secondary N) is 1. The molecule has 3 fully saturated rings. The molecule has 1 N–H and O–H groups in total. The smallest absolute Gasteiger partial charge is 0.321 e. The second-order valence-corrected chi connectivity index (χ2v) is 7.15. The van der Waals surface area contributed by atoms with E-state index in [2.05, 4.69) is 5.32 Å². The summed E-state index contributed by atoms with van der Waals surface area (Å²) in [4.78, 5) is 28.5. The first-order valence-electron chi connectivity index (χ1n) is 9.26. The fourth-order valence-corrected chi connectivity index (χ4v) is 3.76.